The number of hydrogen-bond acceptors (Lipinski definition) is 3. The van der Waals surface area contributed by atoms with E-state index in [9.17, 15) is 4.79 Å². The van der Waals surface area contributed by atoms with E-state index < -0.39 is 0 Å². The fourth-order valence-electron chi connectivity index (χ4n) is 1.91. The van der Waals surface area contributed by atoms with E-state index in [4.69, 9.17) is 5.11 Å². The molecule has 0 radical (unpaired) electrons. The van der Waals surface area contributed by atoms with Crippen molar-refractivity contribution in [2.45, 2.75) is 13.5 Å². The van der Waals surface area contributed by atoms with Crippen LogP contribution in [0.5, 0.6) is 0 Å². The molecule has 1 aromatic heterocycles. The van der Waals surface area contributed by atoms with Crippen LogP contribution in [0.4, 0.5) is 0 Å². The Labute approximate surface area is 123 Å². The van der Waals surface area contributed by atoms with Gasteiger partial charge in [-0.25, -0.2) is 0 Å². The van der Waals surface area contributed by atoms with Crippen molar-refractivity contribution in [2.24, 2.45) is 7.05 Å². The summed E-state index contributed by atoms with van der Waals surface area (Å²) in [4.78, 5) is 12.3. The van der Waals surface area contributed by atoms with Gasteiger partial charge in [-0.15, -0.1) is 0 Å². The Balaban J connectivity index is 2.15. The number of amides is 1. The molecule has 21 heavy (non-hydrogen) atoms. The lowest BCUT2D eigenvalue weighted by Crippen LogP contribution is -2.24. The maximum absolute atomic E-state index is 12.3. The summed E-state index contributed by atoms with van der Waals surface area (Å²) in [6.45, 7) is 2.04. The number of benzene rings is 1. The molecule has 1 amide bonds. The van der Waals surface area contributed by atoms with E-state index in [1.54, 1.807) is 16.8 Å². The molecule has 1 heterocycles. The summed E-state index contributed by atoms with van der Waals surface area (Å²) in [5, 5.41) is 15.8. The zero-order valence-electron chi connectivity index (χ0n) is 12.1. The molecule has 0 bridgehead atoms. The second-order valence-electron chi connectivity index (χ2n) is 4.67. The number of nitrogens with zero attached hydrogens (tertiary/aromatic N) is 2. The molecule has 0 saturated carbocycles. The minimum absolute atomic E-state index is 0.202. The Morgan fingerprint density at radius 3 is 2.90 bits per heavy atom. The number of aliphatic hydroxyl groups excluding tert-OH is 1. The molecule has 0 atom stereocenters. The lowest BCUT2D eigenvalue weighted by atomic mass is 10.0. The summed E-state index contributed by atoms with van der Waals surface area (Å²) in [6, 6.07) is 7.31. The largest absolute Gasteiger partial charge is 0.384 e. The predicted octanol–water partition coefficient (Wildman–Crippen LogP) is 1.00. The van der Waals surface area contributed by atoms with Crippen LogP contribution < -0.4 is 5.32 Å². The van der Waals surface area contributed by atoms with E-state index in [1.165, 1.54) is 0 Å². The molecule has 0 spiro atoms. The molecule has 0 aliphatic rings. The molecule has 0 aliphatic heterocycles. The topological polar surface area (TPSA) is 67.2 Å². The number of aromatic nitrogens is 2. The molecule has 5 heteroatoms. The lowest BCUT2D eigenvalue weighted by molar-refractivity contribution is 0.0950. The van der Waals surface area contributed by atoms with Gasteiger partial charge in [-0.05, 0) is 25.1 Å². The highest BCUT2D eigenvalue weighted by Crippen LogP contribution is 2.11. The second kappa shape index (κ2) is 6.73. The minimum atomic E-state index is -0.233. The Hall–Kier alpha value is -2.58. The SMILES string of the molecule is Cc1ccc(C#CCO)c(C(=O)NCc2ccn(C)n2)c1. The zero-order chi connectivity index (χ0) is 15.2. The van der Waals surface area contributed by atoms with Crippen molar-refractivity contribution in [3.63, 3.8) is 0 Å². The van der Waals surface area contributed by atoms with Crippen molar-refractivity contribution in [3.8, 4) is 11.8 Å². The predicted molar refractivity (Wildman–Crippen MR) is 79.5 cm³/mol. The van der Waals surface area contributed by atoms with E-state index in [2.05, 4.69) is 22.3 Å². The van der Waals surface area contributed by atoms with Crippen LogP contribution >= 0.6 is 0 Å². The van der Waals surface area contributed by atoms with Gasteiger partial charge in [0, 0.05) is 18.8 Å². The summed E-state index contributed by atoms with van der Waals surface area (Å²) in [6.07, 6.45) is 1.83. The first-order valence-corrected chi connectivity index (χ1v) is 6.57. The van der Waals surface area contributed by atoms with E-state index >= 15 is 0 Å². The van der Waals surface area contributed by atoms with Crippen molar-refractivity contribution in [1.82, 2.24) is 15.1 Å². The maximum Gasteiger partial charge on any atom is 0.252 e. The smallest absolute Gasteiger partial charge is 0.252 e. The van der Waals surface area contributed by atoms with Gasteiger partial charge in [-0.3, -0.25) is 9.48 Å². The van der Waals surface area contributed by atoms with Gasteiger partial charge in [-0.2, -0.15) is 5.10 Å². The average molecular weight is 283 g/mol. The summed E-state index contributed by atoms with van der Waals surface area (Å²) in [5.74, 6) is 5.16. The van der Waals surface area contributed by atoms with Crippen LogP contribution in [0.25, 0.3) is 0 Å². The van der Waals surface area contributed by atoms with Crippen molar-refractivity contribution in [2.75, 3.05) is 6.61 Å². The third-order valence-electron chi connectivity index (χ3n) is 2.92. The maximum atomic E-state index is 12.3. The monoisotopic (exact) mass is 283 g/mol. The highest BCUT2D eigenvalue weighted by Gasteiger charge is 2.11. The zero-order valence-corrected chi connectivity index (χ0v) is 12.1. The van der Waals surface area contributed by atoms with Crippen LogP contribution in [-0.2, 0) is 13.6 Å². The fourth-order valence-corrected chi connectivity index (χ4v) is 1.91. The number of nitrogens with one attached hydrogen (secondary N) is 1. The molecule has 0 fully saturated rings. The molecule has 2 N–H and O–H groups in total. The van der Waals surface area contributed by atoms with Gasteiger partial charge in [0.25, 0.3) is 5.91 Å². The quantitative estimate of drug-likeness (QED) is 0.826. The highest BCUT2D eigenvalue weighted by molar-refractivity contribution is 5.96. The molecule has 1 aromatic carbocycles. The third kappa shape index (κ3) is 3.94. The fraction of sp³-hybridized carbons (Fsp3) is 0.250. The van der Waals surface area contributed by atoms with Crippen LogP contribution in [-0.4, -0.2) is 27.4 Å². The van der Waals surface area contributed by atoms with Gasteiger partial charge >= 0.3 is 0 Å². The Morgan fingerprint density at radius 1 is 1.43 bits per heavy atom. The highest BCUT2D eigenvalue weighted by atomic mass is 16.2. The Kier molecular flexibility index (Phi) is 4.75. The first-order valence-electron chi connectivity index (χ1n) is 6.57. The molecule has 2 rings (SSSR count). The van der Waals surface area contributed by atoms with Crippen LogP contribution in [0.15, 0.2) is 30.5 Å². The number of hydrogen-bond donors (Lipinski definition) is 2. The molecule has 0 saturated heterocycles. The Morgan fingerprint density at radius 2 is 2.24 bits per heavy atom. The molecule has 5 nitrogen and oxygen atoms in total. The average Bonchev–Trinajstić information content (AvgIpc) is 2.89. The van der Waals surface area contributed by atoms with Gasteiger partial charge < -0.3 is 10.4 Å². The number of aliphatic hydroxyl groups is 1. The first-order chi connectivity index (χ1) is 10.1. The van der Waals surface area contributed by atoms with Crippen molar-refractivity contribution < 1.29 is 9.90 Å². The van der Waals surface area contributed by atoms with Gasteiger partial charge in [0.05, 0.1) is 17.8 Å². The van der Waals surface area contributed by atoms with E-state index in [1.807, 2.05) is 32.3 Å². The Bertz CT molecular complexity index is 708. The number of carbonyl (C=O) groups is 1. The standard InChI is InChI=1S/C16H17N3O2/c1-12-5-6-13(4-3-9-20)15(10-12)16(21)17-11-14-7-8-19(2)18-14/h5-8,10,20H,9,11H2,1-2H3,(H,17,21). The summed E-state index contributed by atoms with van der Waals surface area (Å²) in [5.41, 5.74) is 2.88. The molecular weight excluding hydrogens is 266 g/mol. The van der Waals surface area contributed by atoms with Gasteiger partial charge in [0.2, 0.25) is 0 Å². The summed E-state index contributed by atoms with van der Waals surface area (Å²) < 4.78 is 1.69. The van der Waals surface area contributed by atoms with Crippen LogP contribution in [0.2, 0.25) is 0 Å². The van der Waals surface area contributed by atoms with Gasteiger partial charge in [-0.1, -0.05) is 23.5 Å². The molecular formula is C16H17N3O2. The second-order valence-corrected chi connectivity index (χ2v) is 4.67. The molecule has 0 aliphatic carbocycles. The van der Waals surface area contributed by atoms with Gasteiger partial charge in [0.15, 0.2) is 0 Å². The van der Waals surface area contributed by atoms with Crippen molar-refractivity contribution >= 4 is 5.91 Å². The molecule has 2 aromatic rings. The van der Waals surface area contributed by atoms with E-state index in [0.29, 0.717) is 17.7 Å². The van der Waals surface area contributed by atoms with E-state index in [0.717, 1.165) is 11.3 Å². The van der Waals surface area contributed by atoms with Crippen LogP contribution in [0.3, 0.4) is 0 Å². The number of rotatable bonds is 3. The molecule has 108 valence electrons. The lowest BCUT2D eigenvalue weighted by Gasteiger charge is -2.07. The van der Waals surface area contributed by atoms with Crippen LogP contribution in [0.1, 0.15) is 27.2 Å². The van der Waals surface area contributed by atoms with E-state index in [-0.39, 0.29) is 12.5 Å². The normalized spacial score (nSPS) is 9.86. The third-order valence-corrected chi connectivity index (χ3v) is 2.92. The van der Waals surface area contributed by atoms with Crippen LogP contribution in [0, 0.1) is 18.8 Å². The summed E-state index contributed by atoms with van der Waals surface area (Å²) in [7, 11) is 1.83. The van der Waals surface area contributed by atoms with Crippen molar-refractivity contribution in [3.05, 3.63) is 52.8 Å². The molecule has 0 unspecified atom stereocenters. The first kappa shape index (κ1) is 14.8. The summed E-state index contributed by atoms with van der Waals surface area (Å²) >= 11 is 0. The number of aryl methyl sites for hydroxylation is 2. The van der Waals surface area contributed by atoms with Gasteiger partial charge in [0.1, 0.15) is 6.61 Å². The number of carbonyl (C=O) groups excluding carboxylic acids is 1. The minimum Gasteiger partial charge on any atom is -0.384 e. The van der Waals surface area contributed by atoms with Crippen molar-refractivity contribution in [1.29, 1.82) is 0 Å².